The van der Waals surface area contributed by atoms with E-state index in [2.05, 4.69) is 27.5 Å². The lowest BCUT2D eigenvalue weighted by Crippen LogP contribution is -2.50. The van der Waals surface area contributed by atoms with E-state index in [1.807, 2.05) is 0 Å². The standard InChI is InChI=1S/C13H20N4O3/c1-8-4-5-14-6-9(8)17-11(18)10-12(19-2)15-7-16-13(10)20-3/h7-9,14H,4-6H2,1-3H3,(H,17,18). The Morgan fingerprint density at radius 3 is 2.55 bits per heavy atom. The van der Waals surface area contributed by atoms with E-state index in [0.717, 1.165) is 19.5 Å². The van der Waals surface area contributed by atoms with Crippen LogP contribution < -0.4 is 20.1 Å². The fourth-order valence-electron chi connectivity index (χ4n) is 2.28. The normalized spacial score (nSPS) is 22.1. The fraction of sp³-hybridized carbons (Fsp3) is 0.615. The average Bonchev–Trinajstić information content (AvgIpc) is 2.48. The van der Waals surface area contributed by atoms with Gasteiger partial charge in [-0.1, -0.05) is 6.92 Å². The second-order valence-electron chi connectivity index (χ2n) is 4.82. The molecule has 0 saturated carbocycles. The van der Waals surface area contributed by atoms with Crippen molar-refractivity contribution in [2.24, 2.45) is 5.92 Å². The van der Waals surface area contributed by atoms with Crippen LogP contribution in [0.25, 0.3) is 0 Å². The monoisotopic (exact) mass is 280 g/mol. The maximum absolute atomic E-state index is 12.4. The topological polar surface area (TPSA) is 85.4 Å². The molecule has 1 saturated heterocycles. The zero-order valence-electron chi connectivity index (χ0n) is 12.0. The number of amides is 1. The number of methoxy groups -OCH3 is 2. The molecule has 2 unspecified atom stereocenters. The molecule has 1 aromatic heterocycles. The van der Waals surface area contributed by atoms with Crippen LogP contribution in [0.4, 0.5) is 0 Å². The van der Waals surface area contributed by atoms with Crippen molar-refractivity contribution < 1.29 is 14.3 Å². The van der Waals surface area contributed by atoms with Crippen molar-refractivity contribution in [2.75, 3.05) is 27.3 Å². The molecule has 0 radical (unpaired) electrons. The molecular weight excluding hydrogens is 260 g/mol. The number of piperidine rings is 1. The number of carbonyl (C=O) groups excluding carboxylic acids is 1. The minimum Gasteiger partial charge on any atom is -0.480 e. The molecule has 110 valence electrons. The van der Waals surface area contributed by atoms with Gasteiger partial charge in [-0.05, 0) is 18.9 Å². The Bertz CT molecular complexity index is 458. The molecule has 1 aliphatic heterocycles. The van der Waals surface area contributed by atoms with Crippen LogP contribution in [0.1, 0.15) is 23.7 Å². The van der Waals surface area contributed by atoms with Crippen LogP contribution in [0, 0.1) is 5.92 Å². The maximum Gasteiger partial charge on any atom is 0.262 e. The van der Waals surface area contributed by atoms with Crippen molar-refractivity contribution in [3.05, 3.63) is 11.9 Å². The van der Waals surface area contributed by atoms with Gasteiger partial charge in [0.1, 0.15) is 6.33 Å². The van der Waals surface area contributed by atoms with Gasteiger partial charge in [0.2, 0.25) is 11.8 Å². The molecule has 0 spiro atoms. The van der Waals surface area contributed by atoms with Crippen LogP contribution in [0.3, 0.4) is 0 Å². The smallest absolute Gasteiger partial charge is 0.262 e. The van der Waals surface area contributed by atoms with Crippen molar-refractivity contribution in [1.29, 1.82) is 0 Å². The summed E-state index contributed by atoms with van der Waals surface area (Å²) in [4.78, 5) is 20.3. The summed E-state index contributed by atoms with van der Waals surface area (Å²) in [5.74, 6) is 0.568. The van der Waals surface area contributed by atoms with Gasteiger partial charge in [0.25, 0.3) is 5.91 Å². The molecule has 1 aliphatic rings. The number of nitrogens with one attached hydrogen (secondary N) is 2. The van der Waals surface area contributed by atoms with Gasteiger partial charge >= 0.3 is 0 Å². The van der Waals surface area contributed by atoms with E-state index >= 15 is 0 Å². The Balaban J connectivity index is 2.20. The number of nitrogens with zero attached hydrogens (tertiary/aromatic N) is 2. The first-order chi connectivity index (χ1) is 9.67. The molecule has 0 bridgehead atoms. The lowest BCUT2D eigenvalue weighted by molar-refractivity contribution is 0.0907. The second-order valence-corrected chi connectivity index (χ2v) is 4.82. The van der Waals surface area contributed by atoms with Crippen molar-refractivity contribution in [1.82, 2.24) is 20.6 Å². The molecule has 1 amide bonds. The SMILES string of the molecule is COc1ncnc(OC)c1C(=O)NC1CNCCC1C. The summed E-state index contributed by atoms with van der Waals surface area (Å²) in [6, 6.07) is 0.0749. The zero-order valence-corrected chi connectivity index (χ0v) is 12.0. The Morgan fingerprint density at radius 2 is 2.00 bits per heavy atom. The van der Waals surface area contributed by atoms with Crippen LogP contribution in [0.5, 0.6) is 11.8 Å². The second kappa shape index (κ2) is 6.51. The average molecular weight is 280 g/mol. The highest BCUT2D eigenvalue weighted by atomic mass is 16.5. The van der Waals surface area contributed by atoms with Crippen molar-refractivity contribution in [3.8, 4) is 11.8 Å². The van der Waals surface area contributed by atoms with Crippen LogP contribution in [-0.2, 0) is 0 Å². The quantitative estimate of drug-likeness (QED) is 0.821. The molecule has 0 aliphatic carbocycles. The number of hydrogen-bond acceptors (Lipinski definition) is 6. The van der Waals surface area contributed by atoms with Crippen LogP contribution in [0.15, 0.2) is 6.33 Å². The highest BCUT2D eigenvalue weighted by Gasteiger charge is 2.27. The van der Waals surface area contributed by atoms with Crippen molar-refractivity contribution >= 4 is 5.91 Å². The molecule has 0 aromatic carbocycles. The molecule has 20 heavy (non-hydrogen) atoms. The predicted octanol–water partition coefficient (Wildman–Crippen LogP) is 0.222. The minimum atomic E-state index is -0.278. The van der Waals surface area contributed by atoms with E-state index in [-0.39, 0.29) is 29.3 Å². The van der Waals surface area contributed by atoms with E-state index in [9.17, 15) is 4.79 Å². The van der Waals surface area contributed by atoms with Gasteiger partial charge in [0.15, 0.2) is 5.56 Å². The Morgan fingerprint density at radius 1 is 1.35 bits per heavy atom. The minimum absolute atomic E-state index is 0.0749. The van der Waals surface area contributed by atoms with Gasteiger partial charge in [-0.3, -0.25) is 4.79 Å². The largest absolute Gasteiger partial charge is 0.480 e. The first-order valence-electron chi connectivity index (χ1n) is 6.62. The van der Waals surface area contributed by atoms with Crippen molar-refractivity contribution in [2.45, 2.75) is 19.4 Å². The van der Waals surface area contributed by atoms with Gasteiger partial charge in [-0.15, -0.1) is 0 Å². The first-order valence-corrected chi connectivity index (χ1v) is 6.62. The summed E-state index contributed by atoms with van der Waals surface area (Å²) in [6.45, 7) is 3.86. The Kier molecular flexibility index (Phi) is 4.73. The molecule has 2 rings (SSSR count). The molecule has 2 N–H and O–H groups in total. The third kappa shape index (κ3) is 2.98. The summed E-state index contributed by atoms with van der Waals surface area (Å²) in [5, 5.41) is 6.26. The molecule has 1 aromatic rings. The summed E-state index contributed by atoms with van der Waals surface area (Å²) in [5.41, 5.74) is 0.232. The molecule has 2 atom stereocenters. The third-order valence-corrected chi connectivity index (χ3v) is 3.54. The van der Waals surface area contributed by atoms with E-state index in [1.165, 1.54) is 20.5 Å². The van der Waals surface area contributed by atoms with Gasteiger partial charge < -0.3 is 20.1 Å². The van der Waals surface area contributed by atoms with Crippen LogP contribution in [-0.4, -0.2) is 49.2 Å². The third-order valence-electron chi connectivity index (χ3n) is 3.54. The highest BCUT2D eigenvalue weighted by Crippen LogP contribution is 2.23. The molecule has 1 fully saturated rings. The number of ether oxygens (including phenoxy) is 2. The summed E-state index contributed by atoms with van der Waals surface area (Å²) >= 11 is 0. The van der Waals surface area contributed by atoms with Crippen LogP contribution in [0.2, 0.25) is 0 Å². The van der Waals surface area contributed by atoms with Gasteiger partial charge in [0.05, 0.1) is 14.2 Å². The number of aromatic nitrogens is 2. The summed E-state index contributed by atoms with van der Waals surface area (Å²) < 4.78 is 10.2. The number of carbonyl (C=O) groups is 1. The lowest BCUT2D eigenvalue weighted by atomic mass is 9.94. The van der Waals surface area contributed by atoms with E-state index in [0.29, 0.717) is 5.92 Å². The highest BCUT2D eigenvalue weighted by molar-refractivity contribution is 5.98. The summed E-state index contributed by atoms with van der Waals surface area (Å²) in [6.07, 6.45) is 2.34. The van der Waals surface area contributed by atoms with Crippen molar-refractivity contribution in [3.63, 3.8) is 0 Å². The Hall–Kier alpha value is -1.89. The fourth-order valence-corrected chi connectivity index (χ4v) is 2.28. The van der Waals surface area contributed by atoms with Crippen LogP contribution >= 0.6 is 0 Å². The molecular formula is C13H20N4O3. The molecule has 7 nitrogen and oxygen atoms in total. The molecule has 2 heterocycles. The van der Waals surface area contributed by atoms with E-state index in [1.54, 1.807) is 0 Å². The number of rotatable bonds is 4. The Labute approximate surface area is 118 Å². The first kappa shape index (κ1) is 14.5. The van der Waals surface area contributed by atoms with E-state index in [4.69, 9.17) is 9.47 Å². The summed E-state index contributed by atoms with van der Waals surface area (Å²) in [7, 11) is 2.92. The predicted molar refractivity (Wildman–Crippen MR) is 73.0 cm³/mol. The number of hydrogen-bond donors (Lipinski definition) is 2. The van der Waals surface area contributed by atoms with Gasteiger partial charge in [0, 0.05) is 12.6 Å². The maximum atomic E-state index is 12.4. The molecule has 7 heteroatoms. The van der Waals surface area contributed by atoms with E-state index < -0.39 is 0 Å². The van der Waals surface area contributed by atoms with Gasteiger partial charge in [-0.25, -0.2) is 9.97 Å². The van der Waals surface area contributed by atoms with Gasteiger partial charge in [-0.2, -0.15) is 0 Å². The lowest BCUT2D eigenvalue weighted by Gasteiger charge is -2.30. The zero-order chi connectivity index (χ0) is 14.5.